The van der Waals surface area contributed by atoms with E-state index < -0.39 is 0 Å². The second-order valence-electron chi connectivity index (χ2n) is 3.57. The topological polar surface area (TPSA) is 30.5 Å². The SMILES string of the molecule is COc1c(Cl)cc(Cl)cc1C1CNCCO1. The molecule has 88 valence electrons. The lowest BCUT2D eigenvalue weighted by Crippen LogP contribution is -2.33. The molecule has 0 amide bonds. The van der Waals surface area contributed by atoms with E-state index in [0.717, 1.165) is 18.7 Å². The van der Waals surface area contributed by atoms with Crippen molar-refractivity contribution in [1.29, 1.82) is 0 Å². The lowest BCUT2D eigenvalue weighted by molar-refractivity contribution is 0.0263. The highest BCUT2D eigenvalue weighted by Crippen LogP contribution is 2.37. The minimum atomic E-state index is -0.0556. The van der Waals surface area contributed by atoms with E-state index in [1.54, 1.807) is 13.2 Å². The molecule has 1 N–H and O–H groups in total. The monoisotopic (exact) mass is 261 g/mol. The van der Waals surface area contributed by atoms with Crippen LogP contribution < -0.4 is 10.1 Å². The van der Waals surface area contributed by atoms with Crippen molar-refractivity contribution < 1.29 is 9.47 Å². The predicted octanol–water partition coefficient (Wildman–Crippen LogP) is 2.66. The summed E-state index contributed by atoms with van der Waals surface area (Å²) in [5.74, 6) is 0.639. The van der Waals surface area contributed by atoms with Crippen molar-refractivity contribution in [3.05, 3.63) is 27.7 Å². The average Bonchev–Trinajstić information content (AvgIpc) is 2.29. The van der Waals surface area contributed by atoms with Crippen molar-refractivity contribution in [1.82, 2.24) is 5.32 Å². The Morgan fingerprint density at radius 2 is 2.25 bits per heavy atom. The first-order valence-electron chi connectivity index (χ1n) is 5.07. The Hall–Kier alpha value is -0.480. The first-order chi connectivity index (χ1) is 7.72. The fourth-order valence-corrected chi connectivity index (χ4v) is 2.39. The fraction of sp³-hybridized carbons (Fsp3) is 0.455. The van der Waals surface area contributed by atoms with Gasteiger partial charge in [-0.3, -0.25) is 0 Å². The Kier molecular flexibility index (Phi) is 3.92. The van der Waals surface area contributed by atoms with Gasteiger partial charge in [0.2, 0.25) is 0 Å². The molecule has 1 aromatic rings. The van der Waals surface area contributed by atoms with Gasteiger partial charge >= 0.3 is 0 Å². The molecule has 0 aromatic heterocycles. The van der Waals surface area contributed by atoms with Crippen LogP contribution in [0.3, 0.4) is 0 Å². The molecule has 1 saturated heterocycles. The zero-order valence-electron chi connectivity index (χ0n) is 8.93. The minimum Gasteiger partial charge on any atom is -0.495 e. The molecule has 2 rings (SSSR count). The average molecular weight is 262 g/mol. The summed E-state index contributed by atoms with van der Waals surface area (Å²) in [5, 5.41) is 4.36. The smallest absolute Gasteiger partial charge is 0.143 e. The van der Waals surface area contributed by atoms with Gasteiger partial charge in [-0.2, -0.15) is 0 Å². The number of rotatable bonds is 2. The first kappa shape index (κ1) is 12.0. The summed E-state index contributed by atoms with van der Waals surface area (Å²) in [5.41, 5.74) is 0.896. The van der Waals surface area contributed by atoms with Crippen LogP contribution in [0.1, 0.15) is 11.7 Å². The molecule has 1 heterocycles. The van der Waals surface area contributed by atoms with Crippen LogP contribution in [-0.2, 0) is 4.74 Å². The van der Waals surface area contributed by atoms with Crippen molar-refractivity contribution >= 4 is 23.2 Å². The minimum absolute atomic E-state index is 0.0556. The Balaban J connectivity index is 2.36. The van der Waals surface area contributed by atoms with Crippen LogP contribution in [0.4, 0.5) is 0 Å². The summed E-state index contributed by atoms with van der Waals surface area (Å²) in [6.07, 6.45) is -0.0556. The number of benzene rings is 1. The van der Waals surface area contributed by atoms with E-state index in [-0.39, 0.29) is 6.10 Å². The van der Waals surface area contributed by atoms with Gasteiger partial charge in [0.25, 0.3) is 0 Å². The van der Waals surface area contributed by atoms with E-state index in [4.69, 9.17) is 32.7 Å². The maximum absolute atomic E-state index is 6.07. The molecule has 1 aliphatic heterocycles. The Bertz CT molecular complexity index is 378. The molecule has 1 aliphatic rings. The van der Waals surface area contributed by atoms with E-state index in [1.165, 1.54) is 0 Å². The third-order valence-electron chi connectivity index (χ3n) is 2.52. The van der Waals surface area contributed by atoms with E-state index in [0.29, 0.717) is 22.4 Å². The standard InChI is InChI=1S/C11H13Cl2NO2/c1-15-11-8(4-7(12)5-9(11)13)10-6-14-2-3-16-10/h4-5,10,14H,2-3,6H2,1H3. The molecule has 0 spiro atoms. The highest BCUT2D eigenvalue weighted by atomic mass is 35.5. The van der Waals surface area contributed by atoms with Gasteiger partial charge in [-0.15, -0.1) is 0 Å². The maximum atomic E-state index is 6.07. The van der Waals surface area contributed by atoms with E-state index >= 15 is 0 Å². The molecule has 16 heavy (non-hydrogen) atoms. The van der Waals surface area contributed by atoms with Crippen LogP contribution >= 0.6 is 23.2 Å². The number of ether oxygens (including phenoxy) is 2. The number of hydrogen-bond acceptors (Lipinski definition) is 3. The van der Waals surface area contributed by atoms with Gasteiger partial charge in [0.05, 0.1) is 24.8 Å². The summed E-state index contributed by atoms with van der Waals surface area (Å²) in [4.78, 5) is 0. The molecule has 0 bridgehead atoms. The third-order valence-corrected chi connectivity index (χ3v) is 3.01. The van der Waals surface area contributed by atoms with Crippen LogP contribution in [0.2, 0.25) is 10.0 Å². The van der Waals surface area contributed by atoms with Crippen molar-refractivity contribution in [2.75, 3.05) is 26.8 Å². The lowest BCUT2D eigenvalue weighted by Gasteiger charge is -2.25. The molecular weight excluding hydrogens is 249 g/mol. The molecule has 0 radical (unpaired) electrons. The second kappa shape index (κ2) is 5.23. The normalized spacial score (nSPS) is 20.8. The van der Waals surface area contributed by atoms with Crippen LogP contribution in [0.25, 0.3) is 0 Å². The zero-order valence-corrected chi connectivity index (χ0v) is 10.4. The lowest BCUT2D eigenvalue weighted by atomic mass is 10.1. The molecule has 5 heteroatoms. The summed E-state index contributed by atoms with van der Waals surface area (Å²) in [6.45, 7) is 2.29. The molecular formula is C11H13Cl2NO2. The number of methoxy groups -OCH3 is 1. The molecule has 1 atom stereocenters. The third kappa shape index (κ3) is 2.43. The number of hydrogen-bond donors (Lipinski definition) is 1. The van der Waals surface area contributed by atoms with Gasteiger partial charge in [-0.1, -0.05) is 23.2 Å². The maximum Gasteiger partial charge on any atom is 0.143 e. The summed E-state index contributed by atoms with van der Waals surface area (Å²) >= 11 is 12.1. The number of morpholine rings is 1. The highest BCUT2D eigenvalue weighted by Gasteiger charge is 2.21. The Morgan fingerprint density at radius 1 is 1.44 bits per heavy atom. The van der Waals surface area contributed by atoms with E-state index in [1.807, 2.05) is 6.07 Å². The Labute approximate surface area is 105 Å². The fourth-order valence-electron chi connectivity index (χ4n) is 1.80. The Morgan fingerprint density at radius 3 is 2.88 bits per heavy atom. The predicted molar refractivity (Wildman–Crippen MR) is 64.6 cm³/mol. The molecule has 0 saturated carbocycles. The van der Waals surface area contributed by atoms with Gasteiger partial charge in [0.15, 0.2) is 0 Å². The van der Waals surface area contributed by atoms with Crippen LogP contribution in [-0.4, -0.2) is 26.8 Å². The number of halogens is 2. The quantitative estimate of drug-likeness (QED) is 0.888. The van der Waals surface area contributed by atoms with E-state index in [9.17, 15) is 0 Å². The van der Waals surface area contributed by atoms with E-state index in [2.05, 4.69) is 5.32 Å². The summed E-state index contributed by atoms with van der Waals surface area (Å²) in [7, 11) is 1.59. The highest BCUT2D eigenvalue weighted by molar-refractivity contribution is 6.35. The summed E-state index contributed by atoms with van der Waals surface area (Å²) < 4.78 is 10.9. The van der Waals surface area contributed by atoms with Crippen molar-refractivity contribution in [2.45, 2.75) is 6.10 Å². The van der Waals surface area contributed by atoms with Gasteiger partial charge in [-0.05, 0) is 12.1 Å². The van der Waals surface area contributed by atoms with Crippen molar-refractivity contribution in [3.8, 4) is 5.75 Å². The largest absolute Gasteiger partial charge is 0.495 e. The molecule has 1 fully saturated rings. The van der Waals surface area contributed by atoms with Crippen LogP contribution in [0.15, 0.2) is 12.1 Å². The van der Waals surface area contributed by atoms with Gasteiger partial charge in [-0.25, -0.2) is 0 Å². The molecule has 1 unspecified atom stereocenters. The first-order valence-corrected chi connectivity index (χ1v) is 5.83. The zero-order chi connectivity index (χ0) is 11.5. The molecule has 3 nitrogen and oxygen atoms in total. The van der Waals surface area contributed by atoms with Crippen molar-refractivity contribution in [2.24, 2.45) is 0 Å². The van der Waals surface area contributed by atoms with Gasteiger partial charge in [0, 0.05) is 23.7 Å². The molecule has 1 aromatic carbocycles. The molecule has 0 aliphatic carbocycles. The van der Waals surface area contributed by atoms with Gasteiger partial charge < -0.3 is 14.8 Å². The van der Waals surface area contributed by atoms with Gasteiger partial charge in [0.1, 0.15) is 5.75 Å². The van der Waals surface area contributed by atoms with Crippen LogP contribution in [0.5, 0.6) is 5.75 Å². The van der Waals surface area contributed by atoms with Crippen LogP contribution in [0, 0.1) is 0 Å². The second-order valence-corrected chi connectivity index (χ2v) is 4.42. The van der Waals surface area contributed by atoms with Crippen molar-refractivity contribution in [3.63, 3.8) is 0 Å². The number of nitrogens with one attached hydrogen (secondary N) is 1. The summed E-state index contributed by atoms with van der Waals surface area (Å²) in [6, 6.07) is 3.51.